The highest BCUT2D eigenvalue weighted by atomic mass is 16.3. The highest BCUT2D eigenvalue weighted by molar-refractivity contribution is 5.79. The van der Waals surface area contributed by atoms with Crippen LogP contribution < -0.4 is 5.32 Å². The summed E-state index contributed by atoms with van der Waals surface area (Å²) in [6.45, 7) is 6.58. The number of aliphatic hydroxyl groups excluding tert-OH is 1. The van der Waals surface area contributed by atoms with E-state index >= 15 is 0 Å². The van der Waals surface area contributed by atoms with E-state index in [1.165, 1.54) is 0 Å². The van der Waals surface area contributed by atoms with Crippen molar-refractivity contribution >= 4 is 5.91 Å². The maximum atomic E-state index is 12.6. The fourth-order valence-electron chi connectivity index (χ4n) is 3.27. The van der Waals surface area contributed by atoms with E-state index < -0.39 is 0 Å². The van der Waals surface area contributed by atoms with E-state index in [0.717, 1.165) is 37.9 Å². The number of nitrogens with zero attached hydrogens (tertiary/aromatic N) is 1. The van der Waals surface area contributed by atoms with E-state index in [9.17, 15) is 4.79 Å². The summed E-state index contributed by atoms with van der Waals surface area (Å²) >= 11 is 0. The molecule has 0 saturated carbocycles. The SMILES string of the molecule is CC(C)N1CCC(C(=O)NC(CCCO)c2ccccc2)CC1. The molecule has 1 aliphatic rings. The number of likely N-dealkylation sites (tertiary alicyclic amines) is 1. The molecule has 23 heavy (non-hydrogen) atoms. The Morgan fingerprint density at radius 1 is 1.26 bits per heavy atom. The third-order valence-electron chi connectivity index (χ3n) is 4.80. The van der Waals surface area contributed by atoms with Crippen LogP contribution in [0.4, 0.5) is 0 Å². The van der Waals surface area contributed by atoms with Crippen molar-refractivity contribution < 1.29 is 9.90 Å². The van der Waals surface area contributed by atoms with Crippen molar-refractivity contribution in [3.63, 3.8) is 0 Å². The number of carbonyl (C=O) groups excluding carboxylic acids is 1. The van der Waals surface area contributed by atoms with Gasteiger partial charge in [0.1, 0.15) is 0 Å². The van der Waals surface area contributed by atoms with Gasteiger partial charge in [-0.2, -0.15) is 0 Å². The Hall–Kier alpha value is -1.39. The van der Waals surface area contributed by atoms with Gasteiger partial charge in [0, 0.05) is 18.6 Å². The summed E-state index contributed by atoms with van der Waals surface area (Å²) in [5.74, 6) is 0.283. The molecule has 1 atom stereocenters. The number of piperidine rings is 1. The van der Waals surface area contributed by atoms with Crippen molar-refractivity contribution in [3.05, 3.63) is 35.9 Å². The van der Waals surface area contributed by atoms with Crippen LogP contribution in [-0.2, 0) is 4.79 Å². The van der Waals surface area contributed by atoms with Crippen LogP contribution in [0.3, 0.4) is 0 Å². The molecule has 0 radical (unpaired) electrons. The van der Waals surface area contributed by atoms with Crippen LogP contribution in [0, 0.1) is 5.92 Å². The van der Waals surface area contributed by atoms with Crippen LogP contribution >= 0.6 is 0 Å². The fourth-order valence-corrected chi connectivity index (χ4v) is 3.27. The van der Waals surface area contributed by atoms with E-state index in [4.69, 9.17) is 5.11 Å². The van der Waals surface area contributed by atoms with Gasteiger partial charge in [0.25, 0.3) is 0 Å². The minimum absolute atomic E-state index is 0.000946. The Balaban J connectivity index is 1.93. The molecular weight excluding hydrogens is 288 g/mol. The van der Waals surface area contributed by atoms with E-state index in [1.54, 1.807) is 0 Å². The molecule has 2 rings (SSSR count). The van der Waals surface area contributed by atoms with Crippen molar-refractivity contribution in [3.8, 4) is 0 Å². The zero-order chi connectivity index (χ0) is 16.7. The molecular formula is C19H30N2O2. The molecule has 128 valence electrons. The van der Waals surface area contributed by atoms with Crippen molar-refractivity contribution in [2.75, 3.05) is 19.7 Å². The molecule has 0 aromatic heterocycles. The first-order valence-corrected chi connectivity index (χ1v) is 8.82. The lowest BCUT2D eigenvalue weighted by molar-refractivity contribution is -0.127. The first-order chi connectivity index (χ1) is 11.1. The van der Waals surface area contributed by atoms with Gasteiger partial charge in [-0.15, -0.1) is 0 Å². The number of nitrogens with one attached hydrogen (secondary N) is 1. The molecule has 4 heteroatoms. The first-order valence-electron chi connectivity index (χ1n) is 8.82. The lowest BCUT2D eigenvalue weighted by Crippen LogP contribution is -2.43. The molecule has 1 amide bonds. The maximum Gasteiger partial charge on any atom is 0.223 e. The molecule has 1 aromatic carbocycles. The molecule has 1 aromatic rings. The molecule has 0 bridgehead atoms. The molecule has 1 heterocycles. The third kappa shape index (κ3) is 5.33. The Morgan fingerprint density at radius 3 is 2.48 bits per heavy atom. The average molecular weight is 318 g/mol. The number of aliphatic hydroxyl groups is 1. The molecule has 1 aliphatic heterocycles. The van der Waals surface area contributed by atoms with Crippen molar-refractivity contribution in [2.24, 2.45) is 5.92 Å². The van der Waals surface area contributed by atoms with Gasteiger partial charge in [0.15, 0.2) is 0 Å². The molecule has 1 fully saturated rings. The quantitative estimate of drug-likeness (QED) is 0.813. The van der Waals surface area contributed by atoms with Crippen LogP contribution in [0.5, 0.6) is 0 Å². The van der Waals surface area contributed by atoms with Gasteiger partial charge in [0.2, 0.25) is 5.91 Å². The summed E-state index contributed by atoms with van der Waals surface area (Å²) < 4.78 is 0. The highest BCUT2D eigenvalue weighted by Crippen LogP contribution is 2.23. The molecule has 2 N–H and O–H groups in total. The monoisotopic (exact) mass is 318 g/mol. The normalized spacial score (nSPS) is 18.1. The Kier molecular flexibility index (Phi) is 7.06. The predicted molar refractivity (Wildman–Crippen MR) is 93.1 cm³/mol. The number of amides is 1. The molecule has 0 spiro atoms. The van der Waals surface area contributed by atoms with Crippen LogP contribution in [0.15, 0.2) is 30.3 Å². The molecule has 1 saturated heterocycles. The van der Waals surface area contributed by atoms with Gasteiger partial charge in [-0.3, -0.25) is 4.79 Å². The summed E-state index contributed by atoms with van der Waals surface area (Å²) in [6, 6.07) is 10.6. The van der Waals surface area contributed by atoms with Crippen molar-refractivity contribution in [1.82, 2.24) is 10.2 Å². The molecule has 4 nitrogen and oxygen atoms in total. The second-order valence-electron chi connectivity index (χ2n) is 6.74. The summed E-state index contributed by atoms with van der Waals surface area (Å²) in [4.78, 5) is 15.1. The van der Waals surface area contributed by atoms with Crippen LogP contribution in [0.25, 0.3) is 0 Å². The second kappa shape index (κ2) is 9.04. The van der Waals surface area contributed by atoms with Crippen LogP contribution in [0.1, 0.15) is 51.1 Å². The highest BCUT2D eigenvalue weighted by Gasteiger charge is 2.27. The van der Waals surface area contributed by atoms with Crippen LogP contribution in [-0.4, -0.2) is 41.7 Å². The number of rotatable bonds is 7. The lowest BCUT2D eigenvalue weighted by atomic mass is 9.93. The topological polar surface area (TPSA) is 52.6 Å². The number of carbonyl (C=O) groups is 1. The Labute approximate surface area is 139 Å². The summed E-state index contributed by atoms with van der Waals surface area (Å²) in [6.07, 6.45) is 3.35. The van der Waals surface area contributed by atoms with Crippen molar-refractivity contribution in [1.29, 1.82) is 0 Å². The Morgan fingerprint density at radius 2 is 1.91 bits per heavy atom. The summed E-state index contributed by atoms with van der Waals surface area (Å²) in [5, 5.41) is 12.3. The van der Waals surface area contributed by atoms with E-state index in [-0.39, 0.29) is 24.5 Å². The Bertz CT molecular complexity index is 468. The van der Waals surface area contributed by atoms with Gasteiger partial charge < -0.3 is 15.3 Å². The number of benzene rings is 1. The predicted octanol–water partition coefficient (Wildman–Crippen LogP) is 2.74. The lowest BCUT2D eigenvalue weighted by Gasteiger charge is -2.34. The van der Waals surface area contributed by atoms with Gasteiger partial charge >= 0.3 is 0 Å². The maximum absolute atomic E-state index is 12.6. The van der Waals surface area contributed by atoms with Gasteiger partial charge in [0.05, 0.1) is 6.04 Å². The van der Waals surface area contributed by atoms with E-state index in [2.05, 4.69) is 24.1 Å². The molecule has 1 unspecified atom stereocenters. The molecule has 0 aliphatic carbocycles. The number of hydrogen-bond acceptors (Lipinski definition) is 3. The first kappa shape index (κ1) is 18.0. The average Bonchev–Trinajstić information content (AvgIpc) is 2.59. The van der Waals surface area contributed by atoms with E-state index in [0.29, 0.717) is 12.5 Å². The zero-order valence-electron chi connectivity index (χ0n) is 14.4. The van der Waals surface area contributed by atoms with Gasteiger partial charge in [-0.1, -0.05) is 30.3 Å². The fraction of sp³-hybridized carbons (Fsp3) is 0.632. The largest absolute Gasteiger partial charge is 0.396 e. The summed E-state index contributed by atoms with van der Waals surface area (Å²) in [5.41, 5.74) is 1.12. The zero-order valence-corrected chi connectivity index (χ0v) is 14.4. The summed E-state index contributed by atoms with van der Waals surface area (Å²) in [7, 11) is 0. The second-order valence-corrected chi connectivity index (χ2v) is 6.74. The standard InChI is InChI=1S/C19H30N2O2/c1-15(2)21-12-10-17(11-13-21)19(23)20-18(9-6-14-22)16-7-4-3-5-8-16/h3-5,7-8,15,17-18,22H,6,9-14H2,1-2H3,(H,20,23). The van der Waals surface area contributed by atoms with Gasteiger partial charge in [-0.05, 0) is 58.2 Å². The smallest absolute Gasteiger partial charge is 0.223 e. The van der Waals surface area contributed by atoms with E-state index in [1.807, 2.05) is 30.3 Å². The number of hydrogen-bond donors (Lipinski definition) is 2. The van der Waals surface area contributed by atoms with Crippen LogP contribution in [0.2, 0.25) is 0 Å². The van der Waals surface area contributed by atoms with Gasteiger partial charge in [-0.25, -0.2) is 0 Å². The minimum atomic E-state index is -0.000946. The third-order valence-corrected chi connectivity index (χ3v) is 4.80. The van der Waals surface area contributed by atoms with Crippen molar-refractivity contribution in [2.45, 2.75) is 51.6 Å². The minimum Gasteiger partial charge on any atom is -0.396 e.